The molecule has 0 radical (unpaired) electrons. The van der Waals surface area contributed by atoms with E-state index in [0.717, 1.165) is 11.8 Å². The standard InChI is InChI=1S/C22H28ClN3O5/c1-22(2,3)31-21(29)25-9-8-24-19(27)14-5-4-10-26(13-14)20(28)18-12-15-11-16(23)6-7-17(15)30-18/h6-7,11-12,14H,4-5,8-10,13H2,1-3H3,(H,24,27)(H,25,29)/t14-/m1/s1. The summed E-state index contributed by atoms with van der Waals surface area (Å²) in [4.78, 5) is 38.7. The van der Waals surface area contributed by atoms with E-state index in [1.54, 1.807) is 49.9 Å². The molecule has 9 heteroatoms. The third-order valence-electron chi connectivity index (χ3n) is 4.86. The molecule has 0 saturated carbocycles. The van der Waals surface area contributed by atoms with Crippen molar-refractivity contribution in [2.45, 2.75) is 39.2 Å². The first-order valence-electron chi connectivity index (χ1n) is 10.4. The fourth-order valence-corrected chi connectivity index (χ4v) is 3.64. The van der Waals surface area contributed by atoms with Crippen molar-refractivity contribution in [2.24, 2.45) is 5.92 Å². The Morgan fingerprint density at radius 3 is 2.68 bits per heavy atom. The largest absolute Gasteiger partial charge is 0.451 e. The predicted molar refractivity (Wildman–Crippen MR) is 117 cm³/mol. The number of benzene rings is 1. The normalized spacial score (nSPS) is 16.8. The van der Waals surface area contributed by atoms with Crippen LogP contribution in [-0.4, -0.2) is 54.6 Å². The molecule has 2 heterocycles. The van der Waals surface area contributed by atoms with Gasteiger partial charge in [-0.15, -0.1) is 0 Å². The second-order valence-corrected chi connectivity index (χ2v) is 9.04. The van der Waals surface area contributed by atoms with Gasteiger partial charge in [0.15, 0.2) is 5.76 Å². The van der Waals surface area contributed by atoms with Gasteiger partial charge in [-0.2, -0.15) is 0 Å². The van der Waals surface area contributed by atoms with E-state index in [0.29, 0.717) is 30.1 Å². The number of piperidine rings is 1. The molecule has 0 spiro atoms. The molecule has 1 aliphatic heterocycles. The molecular weight excluding hydrogens is 422 g/mol. The Morgan fingerprint density at radius 1 is 1.19 bits per heavy atom. The molecule has 1 saturated heterocycles. The average Bonchev–Trinajstić information content (AvgIpc) is 3.12. The first-order chi connectivity index (χ1) is 14.6. The number of halogens is 1. The lowest BCUT2D eigenvalue weighted by Gasteiger charge is -2.31. The minimum atomic E-state index is -0.572. The lowest BCUT2D eigenvalue weighted by Crippen LogP contribution is -2.46. The SMILES string of the molecule is CC(C)(C)OC(=O)NCCNC(=O)[C@@H]1CCCN(C(=O)c2cc3cc(Cl)ccc3o2)C1. The van der Waals surface area contributed by atoms with Gasteiger partial charge in [-0.25, -0.2) is 4.79 Å². The molecule has 168 valence electrons. The van der Waals surface area contributed by atoms with E-state index in [-0.39, 0.29) is 36.6 Å². The molecule has 1 aliphatic rings. The van der Waals surface area contributed by atoms with E-state index in [1.807, 2.05) is 0 Å². The zero-order valence-electron chi connectivity index (χ0n) is 18.0. The van der Waals surface area contributed by atoms with Crippen LogP contribution in [0.4, 0.5) is 4.79 Å². The molecule has 2 N–H and O–H groups in total. The van der Waals surface area contributed by atoms with Crippen molar-refractivity contribution in [3.05, 3.63) is 35.0 Å². The van der Waals surface area contributed by atoms with E-state index >= 15 is 0 Å². The maximum absolute atomic E-state index is 12.9. The van der Waals surface area contributed by atoms with Crippen LogP contribution in [0.5, 0.6) is 0 Å². The van der Waals surface area contributed by atoms with E-state index in [9.17, 15) is 14.4 Å². The highest BCUT2D eigenvalue weighted by molar-refractivity contribution is 6.31. The number of carbonyl (C=O) groups excluding carboxylic acids is 3. The minimum absolute atomic E-state index is 0.139. The van der Waals surface area contributed by atoms with E-state index in [4.69, 9.17) is 20.8 Å². The predicted octanol–water partition coefficient (Wildman–Crippen LogP) is 3.58. The summed E-state index contributed by atoms with van der Waals surface area (Å²) in [5.41, 5.74) is 0.0221. The van der Waals surface area contributed by atoms with Gasteiger partial charge in [0.2, 0.25) is 5.91 Å². The number of fused-ring (bicyclic) bond motifs is 1. The van der Waals surface area contributed by atoms with Gasteiger partial charge in [0.05, 0.1) is 5.92 Å². The first kappa shape index (κ1) is 22.9. The molecule has 1 fully saturated rings. The van der Waals surface area contributed by atoms with Crippen LogP contribution in [0.1, 0.15) is 44.2 Å². The van der Waals surface area contributed by atoms with Gasteiger partial charge >= 0.3 is 6.09 Å². The lowest BCUT2D eigenvalue weighted by atomic mass is 9.97. The Kier molecular flexibility index (Phi) is 7.10. The highest BCUT2D eigenvalue weighted by Gasteiger charge is 2.30. The maximum Gasteiger partial charge on any atom is 0.407 e. The Morgan fingerprint density at radius 2 is 1.94 bits per heavy atom. The monoisotopic (exact) mass is 449 g/mol. The van der Waals surface area contributed by atoms with Crippen molar-refractivity contribution in [1.29, 1.82) is 0 Å². The molecular formula is C22H28ClN3O5. The van der Waals surface area contributed by atoms with Crippen LogP contribution in [-0.2, 0) is 9.53 Å². The number of nitrogens with one attached hydrogen (secondary N) is 2. The van der Waals surface area contributed by atoms with Gasteiger partial charge < -0.3 is 24.7 Å². The number of furan rings is 1. The second-order valence-electron chi connectivity index (χ2n) is 8.60. The van der Waals surface area contributed by atoms with Crippen molar-refractivity contribution in [3.8, 4) is 0 Å². The van der Waals surface area contributed by atoms with Crippen molar-refractivity contribution in [1.82, 2.24) is 15.5 Å². The molecule has 8 nitrogen and oxygen atoms in total. The average molecular weight is 450 g/mol. The summed E-state index contributed by atoms with van der Waals surface area (Å²) >= 11 is 6.00. The minimum Gasteiger partial charge on any atom is -0.451 e. The van der Waals surface area contributed by atoms with Gasteiger partial charge in [-0.1, -0.05) is 11.6 Å². The number of nitrogens with zero attached hydrogens (tertiary/aromatic N) is 1. The number of alkyl carbamates (subject to hydrolysis) is 1. The molecule has 3 rings (SSSR count). The third kappa shape index (κ3) is 6.37. The molecule has 31 heavy (non-hydrogen) atoms. The third-order valence-corrected chi connectivity index (χ3v) is 5.10. The van der Waals surface area contributed by atoms with Crippen LogP contribution < -0.4 is 10.6 Å². The number of hydrogen-bond acceptors (Lipinski definition) is 5. The van der Waals surface area contributed by atoms with Crippen LogP contribution in [0.15, 0.2) is 28.7 Å². The van der Waals surface area contributed by atoms with Crippen LogP contribution in [0.25, 0.3) is 11.0 Å². The quantitative estimate of drug-likeness (QED) is 0.679. The molecule has 1 atom stereocenters. The van der Waals surface area contributed by atoms with E-state index in [1.165, 1.54) is 0 Å². The number of carbonyl (C=O) groups is 3. The summed E-state index contributed by atoms with van der Waals surface area (Å²) in [6, 6.07) is 6.86. The number of amides is 3. The molecule has 2 aromatic rings. The van der Waals surface area contributed by atoms with Gasteiger partial charge in [-0.3, -0.25) is 9.59 Å². The molecule has 0 bridgehead atoms. The van der Waals surface area contributed by atoms with Crippen LogP contribution in [0.2, 0.25) is 5.02 Å². The smallest absolute Gasteiger partial charge is 0.407 e. The van der Waals surface area contributed by atoms with Crippen LogP contribution in [0.3, 0.4) is 0 Å². The number of hydrogen-bond donors (Lipinski definition) is 2. The first-order valence-corrected chi connectivity index (χ1v) is 10.7. The Bertz CT molecular complexity index is 966. The molecule has 1 aromatic carbocycles. The highest BCUT2D eigenvalue weighted by atomic mass is 35.5. The Labute approximate surface area is 186 Å². The fraction of sp³-hybridized carbons (Fsp3) is 0.500. The Hall–Kier alpha value is -2.74. The van der Waals surface area contributed by atoms with E-state index in [2.05, 4.69) is 10.6 Å². The maximum atomic E-state index is 12.9. The Balaban J connectivity index is 1.49. The van der Waals surface area contributed by atoms with Crippen molar-refractivity contribution < 1.29 is 23.5 Å². The molecule has 0 unspecified atom stereocenters. The number of likely N-dealkylation sites (tertiary alicyclic amines) is 1. The van der Waals surface area contributed by atoms with Gasteiger partial charge in [-0.05, 0) is 57.9 Å². The highest BCUT2D eigenvalue weighted by Crippen LogP contribution is 2.25. The lowest BCUT2D eigenvalue weighted by molar-refractivity contribution is -0.126. The summed E-state index contributed by atoms with van der Waals surface area (Å²) in [7, 11) is 0. The van der Waals surface area contributed by atoms with Crippen molar-refractivity contribution in [2.75, 3.05) is 26.2 Å². The zero-order chi connectivity index (χ0) is 22.6. The molecule has 0 aliphatic carbocycles. The van der Waals surface area contributed by atoms with E-state index < -0.39 is 11.7 Å². The van der Waals surface area contributed by atoms with Crippen LogP contribution in [0, 0.1) is 5.92 Å². The summed E-state index contributed by atoms with van der Waals surface area (Å²) in [6.07, 6.45) is 0.903. The van der Waals surface area contributed by atoms with Gasteiger partial charge in [0.1, 0.15) is 11.2 Å². The van der Waals surface area contributed by atoms with Crippen LogP contribution >= 0.6 is 11.6 Å². The molecule has 3 amide bonds. The second kappa shape index (κ2) is 9.60. The fourth-order valence-electron chi connectivity index (χ4n) is 3.46. The summed E-state index contributed by atoms with van der Waals surface area (Å²) < 4.78 is 10.8. The summed E-state index contributed by atoms with van der Waals surface area (Å²) in [6.45, 7) is 6.79. The zero-order valence-corrected chi connectivity index (χ0v) is 18.8. The number of rotatable bonds is 5. The summed E-state index contributed by atoms with van der Waals surface area (Å²) in [5, 5.41) is 6.75. The summed E-state index contributed by atoms with van der Waals surface area (Å²) in [5.74, 6) is -0.450. The van der Waals surface area contributed by atoms with Gasteiger partial charge in [0, 0.05) is 36.6 Å². The van der Waals surface area contributed by atoms with Gasteiger partial charge in [0.25, 0.3) is 5.91 Å². The topological polar surface area (TPSA) is 101 Å². The molecule has 1 aromatic heterocycles. The van der Waals surface area contributed by atoms with Crippen molar-refractivity contribution >= 4 is 40.5 Å². The van der Waals surface area contributed by atoms with Crippen molar-refractivity contribution in [3.63, 3.8) is 0 Å². The number of ether oxygens (including phenoxy) is 1.